The Hall–Kier alpha value is -1.44. The number of hydrogen-bond acceptors (Lipinski definition) is 4. The fraction of sp³-hybridized carbons (Fsp3) is 0.611. The molecule has 1 saturated heterocycles. The average molecular weight is 366 g/mol. The van der Waals surface area contributed by atoms with Crippen molar-refractivity contribution >= 4 is 15.9 Å². The molecule has 0 bridgehead atoms. The van der Waals surface area contributed by atoms with Gasteiger partial charge in [0.25, 0.3) is 5.91 Å². The molecule has 1 heterocycles. The van der Waals surface area contributed by atoms with Gasteiger partial charge in [-0.05, 0) is 49.4 Å². The van der Waals surface area contributed by atoms with E-state index in [1.54, 1.807) is 0 Å². The molecule has 1 aliphatic carbocycles. The molecule has 138 valence electrons. The van der Waals surface area contributed by atoms with E-state index in [0.29, 0.717) is 24.6 Å². The van der Waals surface area contributed by atoms with Gasteiger partial charge in [-0.25, -0.2) is 13.6 Å². The maximum absolute atomic E-state index is 12.9. The molecule has 1 saturated carbocycles. The van der Waals surface area contributed by atoms with Crippen LogP contribution in [0.3, 0.4) is 0 Å². The molecule has 2 N–H and O–H groups in total. The maximum Gasteiger partial charge on any atom is 0.254 e. The molecule has 3 rings (SSSR count). The molecule has 2 atom stereocenters. The van der Waals surface area contributed by atoms with Gasteiger partial charge < -0.3 is 9.64 Å². The number of carbonyl (C=O) groups excluding carboxylic acids is 1. The standard InChI is InChI=1S/C18H26N2O4S/c1-2-3-4-15-11-20(12-17(24-15)13-5-6-13)18(21)14-7-9-16(10-8-14)25(19,22)23/h7-10,13,15,17H,2-6,11-12H2,1H3,(H2,19,22,23)/t15-,17-/m1/s1. The molecule has 0 aromatic heterocycles. The second kappa shape index (κ2) is 7.43. The molecular weight excluding hydrogens is 340 g/mol. The van der Waals surface area contributed by atoms with E-state index >= 15 is 0 Å². The van der Waals surface area contributed by atoms with Crippen molar-refractivity contribution in [2.75, 3.05) is 13.1 Å². The van der Waals surface area contributed by atoms with Crippen LogP contribution >= 0.6 is 0 Å². The number of benzene rings is 1. The zero-order valence-corrected chi connectivity index (χ0v) is 15.4. The van der Waals surface area contributed by atoms with Crippen LogP contribution in [-0.4, -0.2) is 44.5 Å². The Labute approximate surface area is 149 Å². The number of carbonyl (C=O) groups is 1. The first-order valence-corrected chi connectivity index (χ1v) is 10.5. The smallest absolute Gasteiger partial charge is 0.254 e. The largest absolute Gasteiger partial charge is 0.371 e. The number of hydrogen-bond donors (Lipinski definition) is 1. The summed E-state index contributed by atoms with van der Waals surface area (Å²) in [4.78, 5) is 14.7. The average Bonchev–Trinajstić information content (AvgIpc) is 3.43. The lowest BCUT2D eigenvalue weighted by atomic mass is 10.1. The summed E-state index contributed by atoms with van der Waals surface area (Å²) in [6, 6.07) is 5.83. The van der Waals surface area contributed by atoms with Crippen molar-refractivity contribution in [1.29, 1.82) is 0 Å². The van der Waals surface area contributed by atoms with Gasteiger partial charge in [0.1, 0.15) is 0 Å². The maximum atomic E-state index is 12.9. The van der Waals surface area contributed by atoms with Gasteiger partial charge in [-0.3, -0.25) is 4.79 Å². The molecule has 0 radical (unpaired) electrons. The quantitative estimate of drug-likeness (QED) is 0.835. The fourth-order valence-electron chi connectivity index (χ4n) is 3.33. The fourth-order valence-corrected chi connectivity index (χ4v) is 3.84. The van der Waals surface area contributed by atoms with Gasteiger partial charge in [-0.2, -0.15) is 0 Å². The van der Waals surface area contributed by atoms with E-state index in [2.05, 4.69) is 6.92 Å². The summed E-state index contributed by atoms with van der Waals surface area (Å²) in [5.74, 6) is 0.501. The number of rotatable bonds is 6. The summed E-state index contributed by atoms with van der Waals surface area (Å²) in [6.45, 7) is 3.36. The van der Waals surface area contributed by atoms with Crippen molar-refractivity contribution in [1.82, 2.24) is 4.90 Å². The van der Waals surface area contributed by atoms with Crippen molar-refractivity contribution < 1.29 is 17.9 Å². The number of amides is 1. The highest BCUT2D eigenvalue weighted by molar-refractivity contribution is 7.89. The molecule has 2 aliphatic rings. The van der Waals surface area contributed by atoms with E-state index in [9.17, 15) is 13.2 Å². The predicted octanol–water partition coefficient (Wildman–Crippen LogP) is 2.14. The van der Waals surface area contributed by atoms with Crippen molar-refractivity contribution in [2.24, 2.45) is 11.1 Å². The summed E-state index contributed by atoms with van der Waals surface area (Å²) < 4.78 is 28.9. The number of morpholine rings is 1. The van der Waals surface area contributed by atoms with Gasteiger partial charge in [-0.15, -0.1) is 0 Å². The minimum atomic E-state index is -3.75. The molecule has 0 unspecified atom stereocenters. The molecule has 6 nitrogen and oxygen atoms in total. The normalized spacial score (nSPS) is 24.3. The van der Waals surface area contributed by atoms with E-state index in [-0.39, 0.29) is 23.0 Å². The molecule has 25 heavy (non-hydrogen) atoms. The van der Waals surface area contributed by atoms with E-state index in [1.807, 2.05) is 4.90 Å². The molecule has 2 fully saturated rings. The van der Waals surface area contributed by atoms with Crippen molar-refractivity contribution in [3.63, 3.8) is 0 Å². The third-order valence-corrected chi connectivity index (χ3v) is 5.87. The SMILES string of the molecule is CCCC[C@@H]1CN(C(=O)c2ccc(S(N)(=O)=O)cc2)C[C@H](C2CC2)O1. The Morgan fingerprint density at radius 1 is 1.24 bits per heavy atom. The Morgan fingerprint density at radius 2 is 1.92 bits per heavy atom. The van der Waals surface area contributed by atoms with Crippen molar-refractivity contribution in [2.45, 2.75) is 56.1 Å². The summed E-state index contributed by atoms with van der Waals surface area (Å²) >= 11 is 0. The zero-order chi connectivity index (χ0) is 18.0. The molecule has 1 aromatic rings. The molecule has 1 aromatic carbocycles. The van der Waals surface area contributed by atoms with Gasteiger partial charge in [0, 0.05) is 18.7 Å². The molecular formula is C18H26N2O4S. The number of primary sulfonamides is 1. The van der Waals surface area contributed by atoms with Crippen LogP contribution in [0.1, 0.15) is 49.4 Å². The third-order valence-electron chi connectivity index (χ3n) is 4.94. The first-order chi connectivity index (χ1) is 11.9. The van der Waals surface area contributed by atoms with Gasteiger partial charge in [0.15, 0.2) is 0 Å². The second-order valence-electron chi connectivity index (χ2n) is 7.06. The first kappa shape index (κ1) is 18.4. The Morgan fingerprint density at radius 3 is 2.48 bits per heavy atom. The highest BCUT2D eigenvalue weighted by atomic mass is 32.2. The summed E-state index contributed by atoms with van der Waals surface area (Å²) in [7, 11) is -3.75. The highest BCUT2D eigenvalue weighted by Gasteiger charge is 2.39. The minimum Gasteiger partial charge on any atom is -0.371 e. The van der Waals surface area contributed by atoms with Crippen LogP contribution in [0.25, 0.3) is 0 Å². The first-order valence-electron chi connectivity index (χ1n) is 8.96. The lowest BCUT2D eigenvalue weighted by Crippen LogP contribution is -2.50. The Balaban J connectivity index is 1.72. The number of sulfonamides is 1. The van der Waals surface area contributed by atoms with Crippen LogP contribution in [0, 0.1) is 5.92 Å². The van der Waals surface area contributed by atoms with Gasteiger partial charge in [0.05, 0.1) is 17.1 Å². The molecule has 7 heteroatoms. The molecule has 1 aliphatic heterocycles. The van der Waals surface area contributed by atoms with E-state index in [1.165, 1.54) is 37.1 Å². The van der Waals surface area contributed by atoms with Crippen LogP contribution in [-0.2, 0) is 14.8 Å². The van der Waals surface area contributed by atoms with E-state index < -0.39 is 10.0 Å². The van der Waals surface area contributed by atoms with Crippen LogP contribution < -0.4 is 5.14 Å². The molecule has 1 amide bonds. The highest BCUT2D eigenvalue weighted by Crippen LogP contribution is 2.37. The number of nitrogens with two attached hydrogens (primary N) is 1. The van der Waals surface area contributed by atoms with Crippen molar-refractivity contribution in [3.8, 4) is 0 Å². The minimum absolute atomic E-state index is 0.0164. The van der Waals surface area contributed by atoms with Gasteiger partial charge in [0.2, 0.25) is 10.0 Å². The number of nitrogens with zero attached hydrogens (tertiary/aromatic N) is 1. The topological polar surface area (TPSA) is 89.7 Å². The van der Waals surface area contributed by atoms with E-state index in [4.69, 9.17) is 9.88 Å². The second-order valence-corrected chi connectivity index (χ2v) is 8.62. The summed E-state index contributed by atoms with van der Waals surface area (Å²) in [6.07, 6.45) is 5.74. The lowest BCUT2D eigenvalue weighted by Gasteiger charge is -2.38. The van der Waals surface area contributed by atoms with Crippen LogP contribution in [0.15, 0.2) is 29.2 Å². The van der Waals surface area contributed by atoms with Gasteiger partial charge in [-0.1, -0.05) is 19.8 Å². The van der Waals surface area contributed by atoms with Crippen LogP contribution in [0.4, 0.5) is 0 Å². The van der Waals surface area contributed by atoms with Gasteiger partial charge >= 0.3 is 0 Å². The number of ether oxygens (including phenoxy) is 1. The van der Waals surface area contributed by atoms with E-state index in [0.717, 1.165) is 19.3 Å². The van der Waals surface area contributed by atoms with Crippen LogP contribution in [0.5, 0.6) is 0 Å². The monoisotopic (exact) mass is 366 g/mol. The number of unbranched alkanes of at least 4 members (excludes halogenated alkanes) is 1. The zero-order valence-electron chi connectivity index (χ0n) is 14.6. The molecule has 0 spiro atoms. The predicted molar refractivity (Wildman–Crippen MR) is 94.6 cm³/mol. The summed E-state index contributed by atoms with van der Waals surface area (Å²) in [5, 5.41) is 5.11. The Bertz CT molecular complexity index is 713. The van der Waals surface area contributed by atoms with Crippen LogP contribution in [0.2, 0.25) is 0 Å². The lowest BCUT2D eigenvalue weighted by molar-refractivity contribution is -0.0874. The van der Waals surface area contributed by atoms with Crippen molar-refractivity contribution in [3.05, 3.63) is 29.8 Å². The Kier molecular flexibility index (Phi) is 5.46. The third kappa shape index (κ3) is 4.59. The summed E-state index contributed by atoms with van der Waals surface area (Å²) in [5.41, 5.74) is 0.484.